The van der Waals surface area contributed by atoms with Crippen LogP contribution in [0.25, 0.3) is 0 Å². The molecule has 1 atom stereocenters. The van der Waals surface area contributed by atoms with Gasteiger partial charge in [-0.1, -0.05) is 6.07 Å². The second-order valence-electron chi connectivity index (χ2n) is 6.41. The van der Waals surface area contributed by atoms with Crippen LogP contribution in [0.4, 0.5) is 5.69 Å². The molecular formula is C18H26ClN3O3. The second kappa shape index (κ2) is 9.75. The van der Waals surface area contributed by atoms with E-state index in [-0.39, 0.29) is 30.3 Å². The summed E-state index contributed by atoms with van der Waals surface area (Å²) < 4.78 is 5.36. The van der Waals surface area contributed by atoms with E-state index in [1.54, 1.807) is 6.07 Å². The Hall–Kier alpha value is -1.63. The number of hydrogen-bond donors (Lipinski definition) is 2. The van der Waals surface area contributed by atoms with Gasteiger partial charge in [-0.05, 0) is 37.5 Å². The number of carbonyl (C=O) groups excluding carboxylic acids is 2. The van der Waals surface area contributed by atoms with Gasteiger partial charge in [-0.15, -0.1) is 12.4 Å². The quantitative estimate of drug-likeness (QED) is 0.854. The normalized spacial score (nSPS) is 20.5. The average Bonchev–Trinajstić information content (AvgIpc) is 2.63. The summed E-state index contributed by atoms with van der Waals surface area (Å²) in [7, 11) is 0. The number of morpholine rings is 1. The van der Waals surface area contributed by atoms with Crippen LogP contribution in [0.3, 0.4) is 0 Å². The van der Waals surface area contributed by atoms with E-state index in [2.05, 4.69) is 10.6 Å². The highest BCUT2D eigenvalue weighted by Gasteiger charge is 2.19. The molecule has 1 aromatic rings. The van der Waals surface area contributed by atoms with Crippen LogP contribution < -0.4 is 10.6 Å². The maximum absolute atomic E-state index is 12.5. The Balaban J connectivity index is 0.00000225. The number of nitrogens with zero attached hydrogens (tertiary/aromatic N) is 1. The molecule has 2 aliphatic heterocycles. The van der Waals surface area contributed by atoms with Crippen molar-refractivity contribution < 1.29 is 14.3 Å². The van der Waals surface area contributed by atoms with Gasteiger partial charge in [0, 0.05) is 43.3 Å². The van der Waals surface area contributed by atoms with E-state index >= 15 is 0 Å². The number of anilines is 1. The van der Waals surface area contributed by atoms with Crippen molar-refractivity contribution in [2.24, 2.45) is 0 Å². The van der Waals surface area contributed by atoms with Crippen molar-refractivity contribution >= 4 is 29.9 Å². The summed E-state index contributed by atoms with van der Waals surface area (Å²) in [6.45, 7) is 3.67. The molecule has 2 saturated heterocycles. The van der Waals surface area contributed by atoms with Crippen LogP contribution in [-0.4, -0.2) is 55.6 Å². The molecule has 2 N–H and O–H groups in total. The second-order valence-corrected chi connectivity index (χ2v) is 6.41. The third-order valence-corrected chi connectivity index (χ3v) is 4.47. The fourth-order valence-electron chi connectivity index (χ4n) is 3.20. The molecule has 0 aromatic heterocycles. The van der Waals surface area contributed by atoms with Crippen LogP contribution >= 0.6 is 12.4 Å². The van der Waals surface area contributed by atoms with Crippen LogP contribution in [0, 0.1) is 0 Å². The van der Waals surface area contributed by atoms with Crippen molar-refractivity contribution in [2.75, 3.05) is 38.2 Å². The van der Waals surface area contributed by atoms with Gasteiger partial charge >= 0.3 is 0 Å². The van der Waals surface area contributed by atoms with Gasteiger partial charge in [-0.3, -0.25) is 9.59 Å². The van der Waals surface area contributed by atoms with E-state index < -0.39 is 0 Å². The van der Waals surface area contributed by atoms with Crippen molar-refractivity contribution in [1.82, 2.24) is 10.2 Å². The number of ether oxygens (including phenoxy) is 1. The fraction of sp³-hybridized carbons (Fsp3) is 0.556. The summed E-state index contributed by atoms with van der Waals surface area (Å²) >= 11 is 0. The molecule has 2 amide bonds. The number of amides is 2. The SMILES string of the molecule is Cl.O=C(CC1COCCN1)Nc1cccc(C(=O)N2CCCCC2)c1. The highest BCUT2D eigenvalue weighted by molar-refractivity contribution is 5.97. The lowest BCUT2D eigenvalue weighted by atomic mass is 10.1. The van der Waals surface area contributed by atoms with E-state index in [4.69, 9.17) is 4.74 Å². The van der Waals surface area contributed by atoms with Crippen LogP contribution in [0.5, 0.6) is 0 Å². The molecule has 25 heavy (non-hydrogen) atoms. The molecule has 2 heterocycles. The summed E-state index contributed by atoms with van der Waals surface area (Å²) in [4.78, 5) is 26.6. The maximum Gasteiger partial charge on any atom is 0.253 e. The van der Waals surface area contributed by atoms with E-state index in [0.29, 0.717) is 30.9 Å². The van der Waals surface area contributed by atoms with E-state index in [1.807, 2.05) is 23.1 Å². The first-order valence-electron chi connectivity index (χ1n) is 8.73. The highest BCUT2D eigenvalue weighted by atomic mass is 35.5. The first-order chi connectivity index (χ1) is 11.7. The summed E-state index contributed by atoms with van der Waals surface area (Å²) in [6.07, 6.45) is 3.69. The minimum Gasteiger partial charge on any atom is -0.378 e. The van der Waals surface area contributed by atoms with Gasteiger partial charge in [0.05, 0.1) is 13.2 Å². The third kappa shape index (κ3) is 5.70. The number of halogens is 1. The smallest absolute Gasteiger partial charge is 0.253 e. The van der Waals surface area contributed by atoms with Gasteiger partial charge in [-0.25, -0.2) is 0 Å². The molecule has 0 aliphatic carbocycles. The van der Waals surface area contributed by atoms with Crippen LogP contribution in [0.15, 0.2) is 24.3 Å². The monoisotopic (exact) mass is 367 g/mol. The predicted octanol–water partition coefficient (Wildman–Crippen LogP) is 2.05. The fourth-order valence-corrected chi connectivity index (χ4v) is 3.20. The highest BCUT2D eigenvalue weighted by Crippen LogP contribution is 2.16. The number of piperidine rings is 1. The summed E-state index contributed by atoms with van der Waals surface area (Å²) in [6, 6.07) is 7.25. The number of likely N-dealkylation sites (tertiary alicyclic amines) is 1. The predicted molar refractivity (Wildman–Crippen MR) is 99.3 cm³/mol. The largest absolute Gasteiger partial charge is 0.378 e. The van der Waals surface area contributed by atoms with Gasteiger partial charge in [0.2, 0.25) is 5.91 Å². The Morgan fingerprint density at radius 2 is 2.04 bits per heavy atom. The van der Waals surface area contributed by atoms with Crippen LogP contribution in [-0.2, 0) is 9.53 Å². The summed E-state index contributed by atoms with van der Waals surface area (Å²) in [5.74, 6) is -0.0197. The number of hydrogen-bond acceptors (Lipinski definition) is 4. The first-order valence-corrected chi connectivity index (χ1v) is 8.73. The van der Waals surface area contributed by atoms with E-state index in [1.165, 1.54) is 6.42 Å². The standard InChI is InChI=1S/C18H25N3O3.ClH/c22-17(12-16-13-24-10-7-19-16)20-15-6-4-5-14(11-15)18(23)21-8-2-1-3-9-21;/h4-6,11,16,19H,1-3,7-10,12-13H2,(H,20,22);1H. The molecule has 6 nitrogen and oxygen atoms in total. The molecule has 138 valence electrons. The molecule has 2 aliphatic rings. The summed E-state index contributed by atoms with van der Waals surface area (Å²) in [5, 5.41) is 6.14. The van der Waals surface area contributed by atoms with Crippen molar-refractivity contribution in [3.8, 4) is 0 Å². The molecule has 2 fully saturated rings. The van der Waals surface area contributed by atoms with Gasteiger partial charge in [0.15, 0.2) is 0 Å². The van der Waals surface area contributed by atoms with Gasteiger partial charge < -0.3 is 20.3 Å². The molecule has 3 rings (SSSR count). The number of carbonyl (C=O) groups is 2. The Kier molecular flexibility index (Phi) is 7.68. The molecule has 1 unspecified atom stereocenters. The lowest BCUT2D eigenvalue weighted by Gasteiger charge is -2.27. The van der Waals surface area contributed by atoms with Crippen LogP contribution in [0.2, 0.25) is 0 Å². The van der Waals surface area contributed by atoms with Crippen molar-refractivity contribution in [2.45, 2.75) is 31.7 Å². The molecule has 0 radical (unpaired) electrons. The Morgan fingerprint density at radius 1 is 1.24 bits per heavy atom. The van der Waals surface area contributed by atoms with Crippen LogP contribution in [0.1, 0.15) is 36.0 Å². The first kappa shape index (κ1) is 19.7. The van der Waals surface area contributed by atoms with Crippen molar-refractivity contribution in [3.05, 3.63) is 29.8 Å². The molecule has 1 aromatic carbocycles. The average molecular weight is 368 g/mol. The topological polar surface area (TPSA) is 70.7 Å². The van der Waals surface area contributed by atoms with Crippen molar-refractivity contribution in [1.29, 1.82) is 0 Å². The third-order valence-electron chi connectivity index (χ3n) is 4.47. The van der Waals surface area contributed by atoms with Gasteiger partial charge in [0.1, 0.15) is 0 Å². The number of rotatable bonds is 4. The molecule has 0 saturated carbocycles. The molecule has 0 bridgehead atoms. The Morgan fingerprint density at radius 3 is 2.76 bits per heavy atom. The molecule has 0 spiro atoms. The zero-order valence-electron chi connectivity index (χ0n) is 14.3. The maximum atomic E-state index is 12.5. The zero-order chi connectivity index (χ0) is 16.8. The molecular weight excluding hydrogens is 342 g/mol. The Bertz CT molecular complexity index is 585. The van der Waals surface area contributed by atoms with E-state index in [0.717, 1.165) is 32.5 Å². The summed E-state index contributed by atoms with van der Waals surface area (Å²) in [5.41, 5.74) is 1.30. The zero-order valence-corrected chi connectivity index (χ0v) is 15.1. The molecule has 7 heteroatoms. The lowest BCUT2D eigenvalue weighted by molar-refractivity contribution is -0.117. The van der Waals surface area contributed by atoms with Gasteiger partial charge in [0.25, 0.3) is 5.91 Å². The van der Waals surface area contributed by atoms with E-state index in [9.17, 15) is 9.59 Å². The minimum absolute atomic E-state index is 0. The lowest BCUT2D eigenvalue weighted by Crippen LogP contribution is -2.43. The van der Waals surface area contributed by atoms with Gasteiger partial charge in [-0.2, -0.15) is 0 Å². The van der Waals surface area contributed by atoms with Crippen molar-refractivity contribution in [3.63, 3.8) is 0 Å². The number of nitrogens with one attached hydrogen (secondary N) is 2. The minimum atomic E-state index is -0.0689. The number of benzene rings is 1. The Labute approximate surface area is 154 Å².